The van der Waals surface area contributed by atoms with Crippen molar-refractivity contribution in [1.29, 1.82) is 0 Å². The molecule has 0 atom stereocenters. The molecule has 0 aromatic heterocycles. The first kappa shape index (κ1) is 12.7. The van der Waals surface area contributed by atoms with Crippen LogP contribution < -0.4 is 18.9 Å². The molecule has 5 heteroatoms. The summed E-state index contributed by atoms with van der Waals surface area (Å²) in [6.45, 7) is 0. The molecule has 2 N–H and O–H groups in total. The van der Waals surface area contributed by atoms with Gasteiger partial charge < -0.3 is 11.2 Å². The molecule has 0 aliphatic carbocycles. The molecule has 1 aromatic carbocycles. The average Bonchev–Trinajstić information content (AvgIpc) is 2.02. The first-order valence-corrected chi connectivity index (χ1v) is 5.06. The van der Waals surface area contributed by atoms with Gasteiger partial charge in [0.05, 0.1) is 0 Å². The molecule has 0 bridgehead atoms. The fourth-order valence-corrected chi connectivity index (χ4v) is 1.11. The van der Waals surface area contributed by atoms with Crippen molar-refractivity contribution < 1.29 is 34.6 Å². The Hall–Kier alpha value is -0.293. The predicted molar refractivity (Wildman–Crippen MR) is 48.6 cm³/mol. The van der Waals surface area contributed by atoms with Gasteiger partial charge in [-0.1, -0.05) is 30.3 Å². The Kier molecular flexibility index (Phi) is 5.32. The summed E-state index contributed by atoms with van der Waals surface area (Å²) in [4.78, 5) is 17.0. The van der Waals surface area contributed by atoms with Crippen molar-refractivity contribution in [2.45, 2.75) is 0 Å². The standard InChI is InChI=1S/C8H9O3P.Li.H/c9-12(10,11)7-6-8-4-2-1-3-5-8;;/h1-7H,(H2,9,10,11);;/q;+1;-1. The van der Waals surface area contributed by atoms with E-state index in [1.807, 2.05) is 6.07 Å². The van der Waals surface area contributed by atoms with Gasteiger partial charge in [0, 0.05) is 5.82 Å². The number of rotatable bonds is 2. The summed E-state index contributed by atoms with van der Waals surface area (Å²) in [5.74, 6) is 0.891. The maximum Gasteiger partial charge on any atom is 1.00 e. The topological polar surface area (TPSA) is 57.5 Å². The predicted octanol–water partition coefficient (Wildman–Crippen LogP) is -1.05. The molecule has 0 heterocycles. The molecule has 66 valence electrons. The van der Waals surface area contributed by atoms with Crippen molar-refractivity contribution in [1.82, 2.24) is 0 Å². The van der Waals surface area contributed by atoms with Crippen molar-refractivity contribution in [3.63, 3.8) is 0 Å². The third-order valence-corrected chi connectivity index (χ3v) is 1.80. The molecule has 0 saturated heterocycles. The van der Waals surface area contributed by atoms with E-state index >= 15 is 0 Å². The second-order valence-electron chi connectivity index (χ2n) is 2.32. The van der Waals surface area contributed by atoms with Crippen LogP contribution in [0.2, 0.25) is 0 Å². The largest absolute Gasteiger partial charge is 1.00 e. The summed E-state index contributed by atoms with van der Waals surface area (Å²) >= 11 is 0. The summed E-state index contributed by atoms with van der Waals surface area (Å²) in [5, 5.41) is 0. The third-order valence-electron chi connectivity index (χ3n) is 1.26. The fourth-order valence-electron chi connectivity index (χ4n) is 0.747. The first-order chi connectivity index (χ1) is 5.58. The number of benzene rings is 1. The van der Waals surface area contributed by atoms with E-state index in [4.69, 9.17) is 9.79 Å². The van der Waals surface area contributed by atoms with Gasteiger partial charge in [-0.25, -0.2) is 0 Å². The summed E-state index contributed by atoms with van der Waals surface area (Å²) in [6, 6.07) is 8.99. The molecule has 0 fully saturated rings. The van der Waals surface area contributed by atoms with Gasteiger partial charge in [0.2, 0.25) is 0 Å². The normalized spacial score (nSPS) is 11.2. The minimum absolute atomic E-state index is 0. The van der Waals surface area contributed by atoms with Crippen LogP contribution in [-0.2, 0) is 4.57 Å². The molecule has 0 unspecified atom stereocenters. The van der Waals surface area contributed by atoms with Crippen LogP contribution in [-0.4, -0.2) is 9.79 Å². The molecule has 1 aromatic rings. The Labute approximate surface area is 90.3 Å². The van der Waals surface area contributed by atoms with Gasteiger partial charge in [-0.15, -0.1) is 0 Å². The van der Waals surface area contributed by atoms with Gasteiger partial charge in [-0.3, -0.25) is 4.57 Å². The minimum Gasteiger partial charge on any atom is -1.00 e. The maximum absolute atomic E-state index is 10.4. The Morgan fingerprint density at radius 2 is 1.77 bits per heavy atom. The van der Waals surface area contributed by atoms with E-state index in [-0.39, 0.29) is 20.3 Å². The quantitative estimate of drug-likeness (QED) is 0.464. The zero-order chi connectivity index (χ0) is 9.03. The van der Waals surface area contributed by atoms with Crippen LogP contribution in [0.5, 0.6) is 0 Å². The van der Waals surface area contributed by atoms with E-state index in [1.165, 1.54) is 6.08 Å². The van der Waals surface area contributed by atoms with Gasteiger partial charge in [0.1, 0.15) is 0 Å². The van der Waals surface area contributed by atoms with Gasteiger partial charge in [-0.2, -0.15) is 0 Å². The first-order valence-electron chi connectivity index (χ1n) is 3.37. The monoisotopic (exact) mass is 192 g/mol. The molecule has 0 aliphatic rings. The van der Waals surface area contributed by atoms with E-state index in [1.54, 1.807) is 24.3 Å². The second kappa shape index (κ2) is 5.44. The number of hydrogen-bond acceptors (Lipinski definition) is 1. The van der Waals surface area contributed by atoms with Crippen LogP contribution in [0, 0.1) is 0 Å². The van der Waals surface area contributed by atoms with Gasteiger partial charge in [-0.05, 0) is 11.6 Å². The molecule has 3 nitrogen and oxygen atoms in total. The van der Waals surface area contributed by atoms with Crippen molar-refractivity contribution in [2.75, 3.05) is 0 Å². The molecule has 0 radical (unpaired) electrons. The van der Waals surface area contributed by atoms with Gasteiger partial charge >= 0.3 is 26.5 Å². The van der Waals surface area contributed by atoms with Crippen LogP contribution in [0.4, 0.5) is 0 Å². The third kappa shape index (κ3) is 5.87. The molecular formula is C8H10LiO3P. The minimum atomic E-state index is -4.01. The molecule has 0 saturated carbocycles. The Morgan fingerprint density at radius 1 is 1.23 bits per heavy atom. The zero-order valence-corrected chi connectivity index (χ0v) is 8.19. The molecule has 0 spiro atoms. The fraction of sp³-hybridized carbons (Fsp3) is 0. The van der Waals surface area contributed by atoms with Crippen LogP contribution in [0.25, 0.3) is 6.08 Å². The molecule has 13 heavy (non-hydrogen) atoms. The van der Waals surface area contributed by atoms with Crippen molar-refractivity contribution in [3.05, 3.63) is 41.7 Å². The van der Waals surface area contributed by atoms with E-state index in [9.17, 15) is 4.57 Å². The smallest absolute Gasteiger partial charge is 1.00 e. The summed E-state index contributed by atoms with van der Waals surface area (Å²) < 4.78 is 10.4. The van der Waals surface area contributed by atoms with Crippen LogP contribution in [0.15, 0.2) is 36.1 Å². The Morgan fingerprint density at radius 3 is 2.23 bits per heavy atom. The van der Waals surface area contributed by atoms with E-state index in [0.717, 1.165) is 11.4 Å². The van der Waals surface area contributed by atoms with E-state index in [0.29, 0.717) is 0 Å². The van der Waals surface area contributed by atoms with Crippen LogP contribution in [0.3, 0.4) is 0 Å². The maximum atomic E-state index is 10.4. The molecule has 0 amide bonds. The Balaban J connectivity index is 0. The van der Waals surface area contributed by atoms with Gasteiger partial charge in [0.25, 0.3) is 0 Å². The van der Waals surface area contributed by atoms with Crippen molar-refractivity contribution in [3.8, 4) is 0 Å². The second-order valence-corrected chi connectivity index (χ2v) is 3.79. The molecule has 1 rings (SSSR count). The van der Waals surface area contributed by atoms with Crippen molar-refractivity contribution >= 4 is 13.7 Å². The van der Waals surface area contributed by atoms with E-state index in [2.05, 4.69) is 0 Å². The SMILES string of the molecule is O=P(O)(O)C=Cc1ccccc1.[H-].[Li+]. The number of hydrogen-bond donors (Lipinski definition) is 2. The van der Waals surface area contributed by atoms with Gasteiger partial charge in [0.15, 0.2) is 0 Å². The van der Waals surface area contributed by atoms with Crippen LogP contribution >= 0.6 is 7.60 Å². The molecule has 0 aliphatic heterocycles. The van der Waals surface area contributed by atoms with Crippen LogP contribution in [0.1, 0.15) is 6.99 Å². The van der Waals surface area contributed by atoms with Crippen molar-refractivity contribution in [2.24, 2.45) is 0 Å². The summed E-state index contributed by atoms with van der Waals surface area (Å²) in [6.07, 6.45) is 1.40. The van der Waals surface area contributed by atoms with E-state index < -0.39 is 7.60 Å². The summed E-state index contributed by atoms with van der Waals surface area (Å²) in [7, 11) is -4.01. The Bertz CT molecular complexity index is 323. The summed E-state index contributed by atoms with van der Waals surface area (Å²) in [5.41, 5.74) is 0.779. The molecular weight excluding hydrogens is 182 g/mol. The average molecular weight is 192 g/mol. The zero-order valence-electron chi connectivity index (χ0n) is 8.29.